The van der Waals surface area contributed by atoms with Crippen LogP contribution in [0.4, 0.5) is 0 Å². The van der Waals surface area contributed by atoms with E-state index in [0.29, 0.717) is 25.9 Å². The van der Waals surface area contributed by atoms with Gasteiger partial charge in [-0.05, 0) is 40.5 Å². The van der Waals surface area contributed by atoms with Crippen molar-refractivity contribution >= 4 is 11.9 Å². The summed E-state index contributed by atoms with van der Waals surface area (Å²) in [5.41, 5.74) is -1.37. The van der Waals surface area contributed by atoms with Crippen LogP contribution < -0.4 is 10.6 Å². The van der Waals surface area contributed by atoms with E-state index in [1.54, 1.807) is 27.7 Å². The Morgan fingerprint density at radius 3 is 1.42 bits per heavy atom. The first-order valence-corrected chi connectivity index (χ1v) is 8.19. The first-order chi connectivity index (χ1) is 11.1. The van der Waals surface area contributed by atoms with Crippen LogP contribution in [0.5, 0.6) is 0 Å². The van der Waals surface area contributed by atoms with E-state index >= 15 is 0 Å². The molecule has 142 valence electrons. The van der Waals surface area contributed by atoms with Gasteiger partial charge in [-0.2, -0.15) is 0 Å². The third kappa shape index (κ3) is 12.2. The van der Waals surface area contributed by atoms with Crippen LogP contribution in [0, 0.1) is 0 Å². The predicted molar refractivity (Wildman–Crippen MR) is 89.5 cm³/mol. The molecule has 0 spiro atoms. The molecular formula is C16H32N2O6. The Morgan fingerprint density at radius 1 is 0.792 bits per heavy atom. The summed E-state index contributed by atoms with van der Waals surface area (Å²) < 4.78 is 10.8. The molecule has 0 aliphatic carbocycles. The number of aliphatic hydroxyl groups excluding tert-OH is 2. The fourth-order valence-electron chi connectivity index (χ4n) is 1.93. The van der Waals surface area contributed by atoms with Gasteiger partial charge in [-0.15, -0.1) is 0 Å². The summed E-state index contributed by atoms with van der Waals surface area (Å²) in [5, 5.41) is 22.8. The van der Waals surface area contributed by atoms with Crippen LogP contribution in [0.15, 0.2) is 0 Å². The van der Waals surface area contributed by atoms with Crippen LogP contribution in [0.2, 0.25) is 0 Å². The number of carbonyl (C=O) groups excluding carboxylic acids is 2. The Kier molecular flexibility index (Phi) is 10.8. The van der Waals surface area contributed by atoms with E-state index in [1.165, 1.54) is 0 Å². The van der Waals surface area contributed by atoms with Gasteiger partial charge >= 0.3 is 11.9 Å². The maximum absolute atomic E-state index is 11.7. The maximum atomic E-state index is 11.7. The molecule has 0 fully saturated rings. The van der Waals surface area contributed by atoms with E-state index in [0.717, 1.165) is 0 Å². The van der Waals surface area contributed by atoms with Crippen molar-refractivity contribution in [1.29, 1.82) is 0 Å². The van der Waals surface area contributed by atoms with E-state index < -0.39 is 23.1 Å². The van der Waals surface area contributed by atoms with Gasteiger partial charge in [-0.1, -0.05) is 0 Å². The van der Waals surface area contributed by atoms with Crippen molar-refractivity contribution in [2.75, 3.05) is 39.4 Å². The number of carbonyl (C=O) groups is 2. The van der Waals surface area contributed by atoms with Gasteiger partial charge in [0.05, 0.1) is 26.3 Å². The Hall–Kier alpha value is -1.22. The standard InChI is InChI=1S/C16H32N2O6/c1-15(2,23-13(21)11-17-7-9-19)5-6-16(3,4)24-14(22)12-18-8-10-20/h17-20H,5-12H2,1-4H3. The number of aliphatic hydroxyl groups is 2. The molecular weight excluding hydrogens is 316 g/mol. The lowest BCUT2D eigenvalue weighted by molar-refractivity contribution is -0.162. The number of ether oxygens (including phenoxy) is 2. The molecule has 0 unspecified atom stereocenters. The molecule has 0 rings (SSSR count). The second-order valence-corrected chi connectivity index (χ2v) is 6.77. The van der Waals surface area contributed by atoms with Crippen molar-refractivity contribution in [3.05, 3.63) is 0 Å². The summed E-state index contributed by atoms with van der Waals surface area (Å²) >= 11 is 0. The Balaban J connectivity index is 4.21. The smallest absolute Gasteiger partial charge is 0.320 e. The minimum atomic E-state index is -0.684. The average Bonchev–Trinajstić information content (AvgIpc) is 2.45. The normalized spacial score (nSPS) is 12.1. The van der Waals surface area contributed by atoms with Crippen molar-refractivity contribution < 1.29 is 29.3 Å². The van der Waals surface area contributed by atoms with Gasteiger partial charge in [0.25, 0.3) is 0 Å². The van der Waals surface area contributed by atoms with E-state index in [9.17, 15) is 9.59 Å². The molecule has 0 bridgehead atoms. The van der Waals surface area contributed by atoms with Crippen LogP contribution in [0.25, 0.3) is 0 Å². The molecule has 0 saturated carbocycles. The molecule has 0 aromatic heterocycles. The zero-order valence-electron chi connectivity index (χ0n) is 15.2. The van der Waals surface area contributed by atoms with Crippen LogP contribution in [-0.2, 0) is 19.1 Å². The van der Waals surface area contributed by atoms with Crippen molar-refractivity contribution in [2.45, 2.75) is 51.7 Å². The molecule has 8 nitrogen and oxygen atoms in total. The summed E-state index contributed by atoms with van der Waals surface area (Å²) in [6.45, 7) is 7.89. The van der Waals surface area contributed by atoms with Gasteiger partial charge in [0, 0.05) is 13.1 Å². The van der Waals surface area contributed by atoms with Crippen LogP contribution in [0.1, 0.15) is 40.5 Å². The summed E-state index contributed by atoms with van der Waals surface area (Å²) in [6.07, 6.45) is 1.06. The molecule has 0 radical (unpaired) electrons. The third-order valence-corrected chi connectivity index (χ3v) is 3.23. The molecule has 4 N–H and O–H groups in total. The fraction of sp³-hybridized carbons (Fsp3) is 0.875. The lowest BCUT2D eigenvalue weighted by atomic mass is 9.93. The van der Waals surface area contributed by atoms with Gasteiger partial charge in [-0.3, -0.25) is 9.59 Å². The SMILES string of the molecule is CC(C)(CCC(C)(C)OC(=O)CNCCO)OC(=O)CNCCO. The molecule has 0 aliphatic heterocycles. The first-order valence-electron chi connectivity index (χ1n) is 8.19. The van der Waals surface area contributed by atoms with Gasteiger partial charge in [0.2, 0.25) is 0 Å². The highest BCUT2D eigenvalue weighted by Gasteiger charge is 2.29. The zero-order chi connectivity index (χ0) is 18.6. The van der Waals surface area contributed by atoms with Gasteiger partial charge in [0.1, 0.15) is 11.2 Å². The van der Waals surface area contributed by atoms with Crippen molar-refractivity contribution in [1.82, 2.24) is 10.6 Å². The van der Waals surface area contributed by atoms with E-state index in [-0.39, 0.29) is 26.3 Å². The average molecular weight is 348 g/mol. The molecule has 8 heteroatoms. The number of hydrogen-bond donors (Lipinski definition) is 4. The minimum absolute atomic E-state index is 0.0383. The van der Waals surface area contributed by atoms with Crippen molar-refractivity contribution in [3.63, 3.8) is 0 Å². The Bertz CT molecular complexity index is 349. The highest BCUT2D eigenvalue weighted by molar-refractivity contribution is 5.72. The second kappa shape index (κ2) is 11.4. The largest absolute Gasteiger partial charge is 0.459 e. The van der Waals surface area contributed by atoms with E-state index in [1.807, 2.05) is 0 Å². The summed E-state index contributed by atoms with van der Waals surface area (Å²) in [5.74, 6) is -0.784. The molecule has 0 atom stereocenters. The Labute approximate surface area is 143 Å². The highest BCUT2D eigenvalue weighted by atomic mass is 16.6. The second-order valence-electron chi connectivity index (χ2n) is 6.77. The number of rotatable bonds is 13. The topological polar surface area (TPSA) is 117 Å². The number of hydrogen-bond acceptors (Lipinski definition) is 8. The van der Waals surface area contributed by atoms with Crippen molar-refractivity contribution in [2.24, 2.45) is 0 Å². The number of nitrogens with one attached hydrogen (secondary N) is 2. The molecule has 0 aliphatic rings. The lowest BCUT2D eigenvalue weighted by Crippen LogP contribution is -2.38. The molecule has 0 heterocycles. The summed E-state index contributed by atoms with van der Waals surface area (Å²) in [4.78, 5) is 23.4. The minimum Gasteiger partial charge on any atom is -0.459 e. The van der Waals surface area contributed by atoms with Crippen LogP contribution in [0.3, 0.4) is 0 Å². The molecule has 0 aromatic rings. The van der Waals surface area contributed by atoms with E-state index in [2.05, 4.69) is 10.6 Å². The number of esters is 2. The summed E-state index contributed by atoms with van der Waals surface area (Å²) in [6, 6.07) is 0. The van der Waals surface area contributed by atoms with Gasteiger partial charge < -0.3 is 30.3 Å². The predicted octanol–water partition coefficient (Wildman–Crippen LogP) is -0.426. The first kappa shape index (κ1) is 22.8. The fourth-order valence-corrected chi connectivity index (χ4v) is 1.93. The maximum Gasteiger partial charge on any atom is 0.320 e. The molecule has 0 amide bonds. The zero-order valence-corrected chi connectivity index (χ0v) is 15.2. The molecule has 0 aromatic carbocycles. The molecule has 0 saturated heterocycles. The lowest BCUT2D eigenvalue weighted by Gasteiger charge is -2.31. The van der Waals surface area contributed by atoms with Gasteiger partial charge in [0.15, 0.2) is 0 Å². The van der Waals surface area contributed by atoms with Crippen LogP contribution in [-0.4, -0.2) is 72.7 Å². The monoisotopic (exact) mass is 348 g/mol. The van der Waals surface area contributed by atoms with Crippen LogP contribution >= 0.6 is 0 Å². The van der Waals surface area contributed by atoms with Crippen molar-refractivity contribution in [3.8, 4) is 0 Å². The van der Waals surface area contributed by atoms with E-state index in [4.69, 9.17) is 19.7 Å². The quantitative estimate of drug-likeness (QED) is 0.262. The molecule has 24 heavy (non-hydrogen) atoms. The highest BCUT2D eigenvalue weighted by Crippen LogP contribution is 2.25. The third-order valence-electron chi connectivity index (χ3n) is 3.23. The Morgan fingerprint density at radius 2 is 1.12 bits per heavy atom. The van der Waals surface area contributed by atoms with Gasteiger partial charge in [-0.25, -0.2) is 0 Å². The summed E-state index contributed by atoms with van der Waals surface area (Å²) in [7, 11) is 0.